The van der Waals surface area contributed by atoms with Crippen LogP contribution in [0.3, 0.4) is 0 Å². The molecular formula is C19H16Cl2N2O3S. The molecule has 8 heteroatoms. The number of carbonyl (C=O) groups is 1. The summed E-state index contributed by atoms with van der Waals surface area (Å²) in [5, 5.41) is 4.91. The Balaban J connectivity index is 1.93. The molecule has 0 atom stereocenters. The van der Waals surface area contributed by atoms with Crippen molar-refractivity contribution < 1.29 is 14.3 Å². The fraction of sp³-hybridized carbons (Fsp3) is 0.158. The van der Waals surface area contributed by atoms with Crippen molar-refractivity contribution in [3.63, 3.8) is 0 Å². The molecule has 27 heavy (non-hydrogen) atoms. The lowest BCUT2D eigenvalue weighted by Gasteiger charge is -2.11. The number of nitrogens with zero attached hydrogens (tertiary/aromatic N) is 1. The number of thioether (sulfide) groups is 1. The van der Waals surface area contributed by atoms with Crippen molar-refractivity contribution in [1.82, 2.24) is 5.43 Å². The molecule has 0 aromatic heterocycles. The predicted octanol–water partition coefficient (Wildman–Crippen LogP) is 4.26. The summed E-state index contributed by atoms with van der Waals surface area (Å²) in [5.74, 6) is 3.13. The van der Waals surface area contributed by atoms with Gasteiger partial charge in [-0.05, 0) is 42.0 Å². The van der Waals surface area contributed by atoms with Crippen LogP contribution in [0.25, 0.3) is 0 Å². The number of hydrogen-bond donors (Lipinski definition) is 1. The van der Waals surface area contributed by atoms with E-state index in [1.54, 1.807) is 24.3 Å². The third-order valence-corrected chi connectivity index (χ3v) is 4.68. The molecule has 0 unspecified atom stereocenters. The van der Waals surface area contributed by atoms with Gasteiger partial charge in [0.25, 0.3) is 0 Å². The topological polar surface area (TPSA) is 59.9 Å². The number of carbonyl (C=O) groups excluding carboxylic acids is 1. The molecule has 0 aliphatic heterocycles. The molecule has 5 nitrogen and oxygen atoms in total. The minimum atomic E-state index is -0.238. The highest BCUT2D eigenvalue weighted by atomic mass is 35.5. The smallest absolute Gasteiger partial charge is 0.250 e. The molecule has 2 aromatic rings. The van der Waals surface area contributed by atoms with E-state index in [9.17, 15) is 4.79 Å². The molecule has 2 rings (SSSR count). The van der Waals surface area contributed by atoms with E-state index in [2.05, 4.69) is 16.4 Å². The Kier molecular flexibility index (Phi) is 8.34. The van der Waals surface area contributed by atoms with Gasteiger partial charge in [0.05, 0.1) is 24.1 Å². The summed E-state index contributed by atoms with van der Waals surface area (Å²) >= 11 is 13.4. The van der Waals surface area contributed by atoms with Gasteiger partial charge >= 0.3 is 0 Å². The molecule has 140 valence electrons. The van der Waals surface area contributed by atoms with Gasteiger partial charge in [-0.3, -0.25) is 4.79 Å². The second-order valence-electron chi connectivity index (χ2n) is 5.06. The van der Waals surface area contributed by atoms with E-state index < -0.39 is 0 Å². The van der Waals surface area contributed by atoms with Crippen LogP contribution in [0.4, 0.5) is 0 Å². The van der Waals surface area contributed by atoms with Crippen LogP contribution in [0, 0.1) is 12.3 Å². The number of terminal acetylenes is 1. The van der Waals surface area contributed by atoms with E-state index in [0.29, 0.717) is 27.1 Å². The molecule has 0 aliphatic rings. The van der Waals surface area contributed by atoms with Gasteiger partial charge in [-0.2, -0.15) is 5.10 Å². The van der Waals surface area contributed by atoms with Gasteiger partial charge in [0, 0.05) is 9.92 Å². The van der Waals surface area contributed by atoms with Crippen LogP contribution in [-0.4, -0.2) is 31.6 Å². The summed E-state index contributed by atoms with van der Waals surface area (Å²) in [7, 11) is 1.49. The Morgan fingerprint density at radius 2 is 2.07 bits per heavy atom. The molecule has 0 saturated heterocycles. The molecule has 2 aromatic carbocycles. The highest BCUT2D eigenvalue weighted by molar-refractivity contribution is 8.00. The van der Waals surface area contributed by atoms with Crippen molar-refractivity contribution in [3.8, 4) is 23.8 Å². The van der Waals surface area contributed by atoms with Crippen molar-refractivity contribution in [2.45, 2.75) is 4.90 Å². The first kappa shape index (κ1) is 21.0. The summed E-state index contributed by atoms with van der Waals surface area (Å²) in [6, 6.07) is 10.6. The van der Waals surface area contributed by atoms with E-state index in [0.717, 1.165) is 4.90 Å². The number of rotatable bonds is 8. The number of halogens is 2. The zero-order chi connectivity index (χ0) is 19.6. The number of nitrogens with one attached hydrogen (secondary N) is 1. The number of hydrogen-bond acceptors (Lipinski definition) is 5. The summed E-state index contributed by atoms with van der Waals surface area (Å²) in [5.41, 5.74) is 3.10. The SMILES string of the molecule is C#CCOc1c(Cl)cc(/C=N\NC(=O)CSc2ccc(Cl)cc2)cc1OC. The fourth-order valence-electron chi connectivity index (χ4n) is 1.96. The Morgan fingerprint density at radius 1 is 1.33 bits per heavy atom. The monoisotopic (exact) mass is 422 g/mol. The van der Waals surface area contributed by atoms with Gasteiger partial charge in [-0.1, -0.05) is 29.1 Å². The quantitative estimate of drug-likeness (QED) is 0.298. The first-order valence-electron chi connectivity index (χ1n) is 7.67. The van der Waals surface area contributed by atoms with Crippen molar-refractivity contribution in [3.05, 3.63) is 52.0 Å². The molecule has 0 heterocycles. The number of benzene rings is 2. The van der Waals surface area contributed by atoms with E-state index in [1.165, 1.54) is 25.1 Å². The maximum atomic E-state index is 11.9. The molecule has 1 amide bonds. The molecule has 0 saturated carbocycles. The van der Waals surface area contributed by atoms with E-state index in [1.807, 2.05) is 12.1 Å². The Morgan fingerprint density at radius 3 is 2.74 bits per heavy atom. The molecule has 0 aliphatic carbocycles. The van der Waals surface area contributed by atoms with Gasteiger partial charge in [0.15, 0.2) is 11.5 Å². The molecule has 0 spiro atoms. The summed E-state index contributed by atoms with van der Waals surface area (Å²) in [6.45, 7) is 0.0743. The minimum absolute atomic E-state index is 0.0743. The van der Waals surface area contributed by atoms with E-state index in [4.69, 9.17) is 39.1 Å². The summed E-state index contributed by atoms with van der Waals surface area (Å²) < 4.78 is 10.6. The standard InChI is InChI=1S/C19H16Cl2N2O3S/c1-3-8-26-19-16(21)9-13(10-17(19)25-2)11-22-23-18(24)12-27-15-6-4-14(20)5-7-15/h1,4-7,9-11H,8,12H2,2H3,(H,23,24)/b22-11-. The average molecular weight is 423 g/mol. The van der Waals surface area contributed by atoms with Crippen LogP contribution in [-0.2, 0) is 4.79 Å². The van der Waals surface area contributed by atoms with Gasteiger partial charge in [0.2, 0.25) is 5.91 Å². The van der Waals surface area contributed by atoms with E-state index in [-0.39, 0.29) is 18.3 Å². The van der Waals surface area contributed by atoms with Crippen molar-refractivity contribution in [2.75, 3.05) is 19.5 Å². The molecular weight excluding hydrogens is 407 g/mol. The zero-order valence-corrected chi connectivity index (χ0v) is 16.7. The Bertz CT molecular complexity index is 864. The summed E-state index contributed by atoms with van der Waals surface area (Å²) in [6.07, 6.45) is 6.64. The largest absolute Gasteiger partial charge is 0.493 e. The van der Waals surface area contributed by atoms with Crippen LogP contribution in [0.1, 0.15) is 5.56 Å². The predicted molar refractivity (Wildman–Crippen MR) is 110 cm³/mol. The van der Waals surface area contributed by atoms with Crippen LogP contribution >= 0.6 is 35.0 Å². The van der Waals surface area contributed by atoms with Crippen LogP contribution in [0.5, 0.6) is 11.5 Å². The lowest BCUT2D eigenvalue weighted by atomic mass is 10.2. The third kappa shape index (κ3) is 6.72. The normalized spacial score (nSPS) is 10.4. The van der Waals surface area contributed by atoms with Crippen LogP contribution in [0.15, 0.2) is 46.4 Å². The van der Waals surface area contributed by atoms with Gasteiger partial charge in [-0.25, -0.2) is 5.43 Å². The second kappa shape index (κ2) is 10.7. The minimum Gasteiger partial charge on any atom is -0.493 e. The third-order valence-electron chi connectivity index (χ3n) is 3.14. The first-order valence-corrected chi connectivity index (χ1v) is 9.41. The summed E-state index contributed by atoms with van der Waals surface area (Å²) in [4.78, 5) is 12.8. The van der Waals surface area contributed by atoms with Crippen LogP contribution < -0.4 is 14.9 Å². The molecule has 1 N–H and O–H groups in total. The van der Waals surface area contributed by atoms with Crippen molar-refractivity contribution >= 4 is 47.1 Å². The number of methoxy groups -OCH3 is 1. The second-order valence-corrected chi connectivity index (χ2v) is 6.96. The van der Waals surface area contributed by atoms with Gasteiger partial charge < -0.3 is 9.47 Å². The highest BCUT2D eigenvalue weighted by Crippen LogP contribution is 2.35. The highest BCUT2D eigenvalue weighted by Gasteiger charge is 2.11. The molecule has 0 radical (unpaired) electrons. The molecule has 0 fully saturated rings. The zero-order valence-electron chi connectivity index (χ0n) is 14.4. The lowest BCUT2D eigenvalue weighted by molar-refractivity contribution is -0.118. The average Bonchev–Trinajstić information content (AvgIpc) is 2.66. The maximum absolute atomic E-state index is 11.9. The van der Waals surface area contributed by atoms with Gasteiger partial charge in [0.1, 0.15) is 6.61 Å². The number of amides is 1. The Hall–Kier alpha value is -2.33. The first-order chi connectivity index (χ1) is 13.0. The van der Waals surface area contributed by atoms with Crippen LogP contribution in [0.2, 0.25) is 10.0 Å². The fourth-order valence-corrected chi connectivity index (χ4v) is 3.05. The van der Waals surface area contributed by atoms with Gasteiger partial charge in [-0.15, -0.1) is 18.2 Å². The van der Waals surface area contributed by atoms with Crippen molar-refractivity contribution in [2.24, 2.45) is 5.10 Å². The maximum Gasteiger partial charge on any atom is 0.250 e. The number of hydrazone groups is 1. The van der Waals surface area contributed by atoms with Crippen molar-refractivity contribution in [1.29, 1.82) is 0 Å². The Labute approximate surface area is 172 Å². The van der Waals surface area contributed by atoms with E-state index >= 15 is 0 Å². The molecule has 0 bridgehead atoms. The lowest BCUT2D eigenvalue weighted by Crippen LogP contribution is -2.19. The number of ether oxygens (including phenoxy) is 2.